The first-order valence-corrected chi connectivity index (χ1v) is 9.80. The molecule has 0 unspecified atom stereocenters. The van der Waals surface area contributed by atoms with E-state index in [1.807, 2.05) is 0 Å². The molecule has 2 N–H and O–H groups in total. The van der Waals surface area contributed by atoms with Crippen LogP contribution in [0.5, 0.6) is 23.0 Å². The number of aliphatic hydroxyl groups is 2. The predicted octanol–water partition coefficient (Wildman–Crippen LogP) is -4.92. The first kappa shape index (κ1) is 30.4. The molecular weight excluding hydrogens is 449 g/mol. The van der Waals surface area contributed by atoms with Crippen molar-refractivity contribution in [2.24, 2.45) is 0 Å². The van der Waals surface area contributed by atoms with Gasteiger partial charge in [-0.15, -0.1) is 0 Å². The van der Waals surface area contributed by atoms with Crippen molar-refractivity contribution < 1.29 is 102 Å². The van der Waals surface area contributed by atoms with Crippen molar-refractivity contribution in [3.8, 4) is 23.0 Å². The Morgan fingerprint density at radius 2 is 1.55 bits per heavy atom. The van der Waals surface area contributed by atoms with E-state index in [2.05, 4.69) is 4.52 Å². The Hall–Kier alpha value is -0.550. The minimum absolute atomic E-state index is 0. The van der Waals surface area contributed by atoms with Gasteiger partial charge in [0.25, 0.3) is 0 Å². The molecule has 2 rings (SSSR count). The zero-order valence-electron chi connectivity index (χ0n) is 18.1. The average Bonchev–Trinajstić information content (AvgIpc) is 2.70. The maximum absolute atomic E-state index is 11.1. The Bertz CT molecular complexity index is 919. The minimum Gasteiger partial charge on any atom is -0.780 e. The molecule has 0 saturated heterocycles. The fourth-order valence-electron chi connectivity index (χ4n) is 2.77. The van der Waals surface area contributed by atoms with E-state index in [9.17, 15) is 24.6 Å². The Morgan fingerprint density at radius 1 is 0.903 bits per heavy atom. The fraction of sp³-hybridized carbons (Fsp3) is 0.263. The second-order valence-corrected chi connectivity index (χ2v) is 6.85. The molecule has 0 spiro atoms. The largest absolute Gasteiger partial charge is 1.00 e. The summed E-state index contributed by atoms with van der Waals surface area (Å²) in [6.45, 7) is -0.583. The zero-order chi connectivity index (χ0) is 21.6. The van der Waals surface area contributed by atoms with Crippen molar-refractivity contribution in [1.82, 2.24) is 0 Å². The molecule has 2 aromatic rings. The van der Waals surface area contributed by atoms with Crippen LogP contribution in [0.2, 0.25) is 0 Å². The van der Waals surface area contributed by atoms with Crippen molar-refractivity contribution >= 4 is 20.0 Å². The van der Waals surface area contributed by atoms with Crippen LogP contribution >= 0.6 is 7.82 Å². The third kappa shape index (κ3) is 8.07. The topological polar surface area (TPSA) is 141 Å². The molecule has 0 aliphatic carbocycles. The van der Waals surface area contributed by atoms with Crippen LogP contribution in [0.3, 0.4) is 0 Å². The number of methoxy groups -OCH3 is 3. The van der Waals surface area contributed by atoms with Gasteiger partial charge in [-0.3, -0.25) is 0 Å². The zero-order valence-corrected chi connectivity index (χ0v) is 23.0. The van der Waals surface area contributed by atoms with Crippen molar-refractivity contribution in [2.75, 3.05) is 21.3 Å². The molecule has 0 saturated carbocycles. The number of ether oxygens (including phenoxy) is 3. The summed E-state index contributed by atoms with van der Waals surface area (Å²) in [4.78, 5) is 22.2. The molecule has 0 bridgehead atoms. The Balaban J connectivity index is 0.00000450. The van der Waals surface area contributed by atoms with Crippen LogP contribution in [0, 0.1) is 0 Å². The van der Waals surface area contributed by atoms with Crippen molar-refractivity contribution in [1.29, 1.82) is 0 Å². The van der Waals surface area contributed by atoms with E-state index in [0.29, 0.717) is 28.0 Å². The van der Waals surface area contributed by atoms with Gasteiger partial charge in [0.15, 0.2) is 11.5 Å². The van der Waals surface area contributed by atoms with Crippen molar-refractivity contribution in [3.63, 3.8) is 0 Å². The standard InChI is InChI=1S/C19H23O9P.2Na/c1-25-16-7-6-13(18(27-3)19(16)28-29(22,23)24)5-4-12-8-14(10-20)15(11-21)17(9-12)26-2;;/h4-9,20-21H,10-11H2,1-3H3,(H2,22,23,24);;/q;2*+1/p-2/b5-4-;;. The number of hydrogen-bond acceptors (Lipinski definition) is 9. The van der Waals surface area contributed by atoms with Gasteiger partial charge in [-0.2, -0.15) is 0 Å². The average molecular weight is 470 g/mol. The second kappa shape index (κ2) is 13.9. The summed E-state index contributed by atoms with van der Waals surface area (Å²) >= 11 is 0. The van der Waals surface area contributed by atoms with Gasteiger partial charge < -0.3 is 43.3 Å². The van der Waals surface area contributed by atoms with Crippen LogP contribution < -0.4 is 87.6 Å². The van der Waals surface area contributed by atoms with Crippen LogP contribution in [-0.4, -0.2) is 31.5 Å². The number of aliphatic hydroxyl groups excluding tert-OH is 2. The molecule has 0 aromatic heterocycles. The molecule has 12 heteroatoms. The van der Waals surface area contributed by atoms with Gasteiger partial charge in [-0.05, 0) is 35.4 Å². The Kier molecular flexibility index (Phi) is 13.6. The molecule has 0 fully saturated rings. The van der Waals surface area contributed by atoms with E-state index in [1.165, 1.54) is 27.4 Å². The summed E-state index contributed by atoms with van der Waals surface area (Å²) in [6, 6.07) is 6.36. The first-order chi connectivity index (χ1) is 13.8. The number of hydrogen-bond donors (Lipinski definition) is 2. The van der Waals surface area contributed by atoms with Gasteiger partial charge in [0.2, 0.25) is 5.75 Å². The molecule has 0 aliphatic heterocycles. The summed E-state index contributed by atoms with van der Waals surface area (Å²) in [7, 11) is -1.31. The van der Waals surface area contributed by atoms with Crippen LogP contribution in [0.25, 0.3) is 12.2 Å². The monoisotopic (exact) mass is 470 g/mol. The maximum atomic E-state index is 11.1. The SMILES string of the molecule is COc1cc(/C=C\c2ccc(OC)c(OP(=O)([O-])[O-])c2OC)cc(CO)c1CO.[Na+].[Na+]. The molecule has 0 atom stereocenters. The van der Waals surface area contributed by atoms with Gasteiger partial charge in [0.1, 0.15) is 13.6 Å². The Morgan fingerprint density at radius 3 is 2.03 bits per heavy atom. The number of phosphoric ester groups is 1. The van der Waals surface area contributed by atoms with Crippen molar-refractivity contribution in [3.05, 3.63) is 46.5 Å². The van der Waals surface area contributed by atoms with Gasteiger partial charge in [0, 0.05) is 11.1 Å². The molecule has 0 radical (unpaired) electrons. The maximum Gasteiger partial charge on any atom is 1.00 e. The van der Waals surface area contributed by atoms with Gasteiger partial charge in [0.05, 0.1) is 34.5 Å². The summed E-state index contributed by atoms with van der Waals surface area (Å²) in [6.07, 6.45) is 3.26. The summed E-state index contributed by atoms with van der Waals surface area (Å²) < 4.78 is 31.1. The molecule has 0 amide bonds. The molecule has 31 heavy (non-hydrogen) atoms. The summed E-state index contributed by atoms with van der Waals surface area (Å²) in [5.74, 6) is 0.0640. The van der Waals surface area contributed by atoms with Crippen LogP contribution in [0.4, 0.5) is 0 Å². The quantitative estimate of drug-likeness (QED) is 0.210. The minimum atomic E-state index is -5.35. The van der Waals surface area contributed by atoms with E-state index < -0.39 is 7.82 Å². The van der Waals surface area contributed by atoms with Gasteiger partial charge >= 0.3 is 59.1 Å². The van der Waals surface area contributed by atoms with Crippen molar-refractivity contribution in [2.45, 2.75) is 13.2 Å². The molecule has 158 valence electrons. The van der Waals surface area contributed by atoms with E-state index in [-0.39, 0.29) is 89.6 Å². The third-order valence-corrected chi connectivity index (χ3v) is 4.47. The summed E-state index contributed by atoms with van der Waals surface area (Å²) in [5.41, 5.74) is 2.02. The smallest absolute Gasteiger partial charge is 0.780 e. The number of phosphoric acid groups is 1. The second-order valence-electron chi connectivity index (χ2n) is 5.77. The Labute approximate surface area is 224 Å². The third-order valence-electron chi connectivity index (χ3n) is 4.06. The van der Waals surface area contributed by atoms with E-state index in [4.69, 9.17) is 14.2 Å². The molecule has 2 aromatic carbocycles. The van der Waals surface area contributed by atoms with E-state index in [1.54, 1.807) is 30.4 Å². The van der Waals surface area contributed by atoms with Gasteiger partial charge in [-0.1, -0.05) is 12.2 Å². The normalized spacial score (nSPS) is 10.8. The molecule has 9 nitrogen and oxygen atoms in total. The van der Waals surface area contributed by atoms with Crippen LogP contribution in [-0.2, 0) is 17.8 Å². The molecular formula is C19H21Na2O9P. The summed E-state index contributed by atoms with van der Waals surface area (Å²) in [5, 5.41) is 19.0. The van der Waals surface area contributed by atoms with Crippen LogP contribution in [0.1, 0.15) is 22.3 Å². The van der Waals surface area contributed by atoms with E-state index in [0.717, 1.165) is 0 Å². The molecule has 0 aliphatic rings. The number of benzene rings is 2. The van der Waals surface area contributed by atoms with Crippen LogP contribution in [0.15, 0.2) is 24.3 Å². The number of rotatable bonds is 9. The fourth-order valence-corrected chi connectivity index (χ4v) is 3.17. The first-order valence-electron chi connectivity index (χ1n) is 8.34. The van der Waals surface area contributed by atoms with E-state index >= 15 is 0 Å². The molecule has 0 heterocycles. The van der Waals surface area contributed by atoms with Gasteiger partial charge in [-0.25, -0.2) is 0 Å². The predicted molar refractivity (Wildman–Crippen MR) is 102 cm³/mol.